The second-order valence-electron chi connectivity index (χ2n) is 16.8. The van der Waals surface area contributed by atoms with Gasteiger partial charge < -0.3 is 14.2 Å². The van der Waals surface area contributed by atoms with Gasteiger partial charge in [0, 0.05) is 24.4 Å². The molecule has 5 aliphatic rings. The van der Waals surface area contributed by atoms with Crippen LogP contribution in [0.1, 0.15) is 126 Å². The van der Waals surface area contributed by atoms with E-state index >= 15 is 0 Å². The van der Waals surface area contributed by atoms with Gasteiger partial charge in [0.25, 0.3) is 0 Å². The van der Waals surface area contributed by atoms with Crippen molar-refractivity contribution in [3.8, 4) is 0 Å². The van der Waals surface area contributed by atoms with Gasteiger partial charge in [0.05, 0.1) is 6.61 Å². The van der Waals surface area contributed by atoms with Crippen molar-refractivity contribution in [2.24, 2.45) is 56.7 Å². The van der Waals surface area contributed by atoms with E-state index in [9.17, 15) is 9.59 Å². The van der Waals surface area contributed by atoms with Crippen molar-refractivity contribution in [2.75, 3.05) is 19.8 Å². The number of hydrogen-bond donors (Lipinski definition) is 0. The predicted molar refractivity (Wildman–Crippen MR) is 167 cm³/mol. The molecule has 238 valence electrons. The lowest BCUT2D eigenvalue weighted by molar-refractivity contribution is -0.252. The first-order valence-electron chi connectivity index (χ1n) is 17.2. The Morgan fingerprint density at radius 1 is 0.833 bits per heavy atom. The summed E-state index contributed by atoms with van der Waals surface area (Å²) >= 11 is 0. The van der Waals surface area contributed by atoms with Crippen LogP contribution < -0.4 is 0 Å². The molecule has 0 aromatic carbocycles. The molecular formula is C37H60O5. The SMILES string of the molecule is C=C(C)C[C@@H]1CC[C@]2(COC(=O)COCC)CC[C@]3(C)[C@H](CC[C@@H]4[C@@]5(C)CC[C@H](OC(C)=O)C(C)(C)C5CC[C@]43C)[C@@H]12. The third kappa shape index (κ3) is 4.91. The minimum absolute atomic E-state index is 0.0110. The Bertz CT molecular complexity index is 1060. The van der Waals surface area contributed by atoms with Crippen LogP contribution in [0.3, 0.4) is 0 Å². The summed E-state index contributed by atoms with van der Waals surface area (Å²) in [6.45, 7) is 23.9. The van der Waals surface area contributed by atoms with Crippen molar-refractivity contribution < 1.29 is 23.8 Å². The molecule has 0 aliphatic heterocycles. The normalized spacial score (nSPS) is 45.5. The van der Waals surface area contributed by atoms with E-state index in [1.165, 1.54) is 44.1 Å². The van der Waals surface area contributed by atoms with E-state index in [2.05, 4.69) is 48.1 Å². The maximum absolute atomic E-state index is 12.6. The average Bonchev–Trinajstić information content (AvgIpc) is 3.26. The molecule has 1 unspecified atom stereocenters. The van der Waals surface area contributed by atoms with Crippen LogP contribution in [0.15, 0.2) is 12.2 Å². The monoisotopic (exact) mass is 584 g/mol. The van der Waals surface area contributed by atoms with Crippen LogP contribution >= 0.6 is 0 Å². The molecule has 0 N–H and O–H groups in total. The van der Waals surface area contributed by atoms with E-state index in [0.29, 0.717) is 42.8 Å². The molecule has 5 fully saturated rings. The molecule has 0 aromatic rings. The van der Waals surface area contributed by atoms with Gasteiger partial charge in [-0.2, -0.15) is 0 Å². The molecule has 5 rings (SSSR count). The zero-order chi connectivity index (χ0) is 30.7. The lowest BCUT2D eigenvalue weighted by Gasteiger charge is -2.73. The Hall–Kier alpha value is -1.36. The predicted octanol–water partition coefficient (Wildman–Crippen LogP) is 8.55. The lowest BCUT2D eigenvalue weighted by Crippen LogP contribution is -2.67. The van der Waals surface area contributed by atoms with Gasteiger partial charge in [-0.1, -0.05) is 40.2 Å². The first-order valence-corrected chi connectivity index (χ1v) is 17.2. The van der Waals surface area contributed by atoms with E-state index in [1.807, 2.05) is 6.92 Å². The van der Waals surface area contributed by atoms with Gasteiger partial charge in [-0.05, 0) is 130 Å². The quantitative estimate of drug-likeness (QED) is 0.211. The highest BCUT2D eigenvalue weighted by Crippen LogP contribution is 2.77. The topological polar surface area (TPSA) is 61.8 Å². The summed E-state index contributed by atoms with van der Waals surface area (Å²) < 4.78 is 17.3. The molecule has 5 heteroatoms. The Balaban J connectivity index is 1.45. The Morgan fingerprint density at radius 3 is 2.24 bits per heavy atom. The maximum atomic E-state index is 12.6. The molecule has 5 nitrogen and oxygen atoms in total. The summed E-state index contributed by atoms with van der Waals surface area (Å²) in [7, 11) is 0. The van der Waals surface area contributed by atoms with E-state index in [4.69, 9.17) is 14.2 Å². The van der Waals surface area contributed by atoms with Crippen LogP contribution in [-0.4, -0.2) is 37.9 Å². The molecule has 0 radical (unpaired) electrons. The standard InChI is InChI=1S/C37H60O5/c1-10-40-22-31(39)41-23-37-18-13-26(21-24(2)3)32(37)27-11-12-29-34(7)16-15-30(42-25(4)38)33(5,6)28(34)14-17-36(29,9)35(27,8)19-20-37/h26-30,32H,2,10-23H2,1,3-9H3/t26-,27+,28?,29+,30-,32+,34-,35+,36+,37+/m0/s1. The molecule has 42 heavy (non-hydrogen) atoms. The minimum atomic E-state index is -0.212. The van der Waals surface area contributed by atoms with Crippen molar-refractivity contribution in [3.63, 3.8) is 0 Å². The lowest BCUT2D eigenvalue weighted by atomic mass is 9.32. The summed E-state index contributed by atoms with van der Waals surface area (Å²) in [6.07, 6.45) is 13.1. The number of carbonyl (C=O) groups excluding carboxylic acids is 2. The Morgan fingerprint density at radius 2 is 1.57 bits per heavy atom. The molecule has 0 heterocycles. The first-order chi connectivity index (χ1) is 19.6. The zero-order valence-electron chi connectivity index (χ0n) is 28.1. The van der Waals surface area contributed by atoms with Gasteiger partial charge in [0.1, 0.15) is 12.7 Å². The summed E-state index contributed by atoms with van der Waals surface area (Å²) in [5, 5.41) is 0. The fourth-order valence-corrected chi connectivity index (χ4v) is 12.6. The molecule has 0 bridgehead atoms. The van der Waals surface area contributed by atoms with Crippen molar-refractivity contribution in [3.05, 3.63) is 12.2 Å². The number of rotatable bonds is 8. The van der Waals surface area contributed by atoms with Crippen LogP contribution in [0.2, 0.25) is 0 Å². The van der Waals surface area contributed by atoms with Gasteiger partial charge in [0.2, 0.25) is 0 Å². The number of esters is 2. The van der Waals surface area contributed by atoms with E-state index in [0.717, 1.165) is 32.1 Å². The minimum Gasteiger partial charge on any atom is -0.463 e. The van der Waals surface area contributed by atoms with Gasteiger partial charge in [-0.15, -0.1) is 6.58 Å². The van der Waals surface area contributed by atoms with Crippen LogP contribution in [0, 0.1) is 56.7 Å². The second-order valence-corrected chi connectivity index (χ2v) is 16.8. The number of hydrogen-bond acceptors (Lipinski definition) is 5. The highest BCUT2D eigenvalue weighted by atomic mass is 16.6. The Labute approximate surface area is 256 Å². The van der Waals surface area contributed by atoms with E-state index in [-0.39, 0.29) is 51.7 Å². The third-order valence-electron chi connectivity index (χ3n) is 14.5. The largest absolute Gasteiger partial charge is 0.463 e. The molecular weight excluding hydrogens is 524 g/mol. The number of fused-ring (bicyclic) bond motifs is 7. The van der Waals surface area contributed by atoms with Crippen molar-refractivity contribution >= 4 is 11.9 Å². The van der Waals surface area contributed by atoms with E-state index < -0.39 is 0 Å². The van der Waals surface area contributed by atoms with Crippen LogP contribution in [0.25, 0.3) is 0 Å². The van der Waals surface area contributed by atoms with Crippen molar-refractivity contribution in [1.82, 2.24) is 0 Å². The number of allylic oxidation sites excluding steroid dienone is 1. The summed E-state index contributed by atoms with van der Waals surface area (Å²) in [6, 6.07) is 0. The fraction of sp³-hybridized carbons (Fsp3) is 0.892. The smallest absolute Gasteiger partial charge is 0.332 e. The second kappa shape index (κ2) is 11.2. The molecule has 0 spiro atoms. The van der Waals surface area contributed by atoms with Gasteiger partial charge >= 0.3 is 11.9 Å². The summed E-state index contributed by atoms with van der Waals surface area (Å²) in [4.78, 5) is 24.6. The van der Waals surface area contributed by atoms with E-state index in [1.54, 1.807) is 6.92 Å². The number of carbonyl (C=O) groups is 2. The van der Waals surface area contributed by atoms with Crippen molar-refractivity contribution in [2.45, 2.75) is 132 Å². The fourth-order valence-electron chi connectivity index (χ4n) is 12.6. The Kier molecular flexibility index (Phi) is 8.56. The highest BCUT2D eigenvalue weighted by molar-refractivity contribution is 5.70. The van der Waals surface area contributed by atoms with Gasteiger partial charge in [-0.25, -0.2) is 4.79 Å². The summed E-state index contributed by atoms with van der Waals surface area (Å²) in [5.74, 6) is 2.75. The zero-order valence-corrected chi connectivity index (χ0v) is 28.1. The molecule has 0 saturated heterocycles. The first kappa shape index (κ1) is 32.0. The van der Waals surface area contributed by atoms with Crippen LogP contribution in [0.4, 0.5) is 0 Å². The third-order valence-corrected chi connectivity index (χ3v) is 14.5. The molecule has 0 aromatic heterocycles. The van der Waals surface area contributed by atoms with Gasteiger partial charge in [-0.3, -0.25) is 4.79 Å². The molecule has 10 atom stereocenters. The highest BCUT2D eigenvalue weighted by Gasteiger charge is 2.71. The molecule has 5 saturated carbocycles. The molecule has 0 amide bonds. The summed E-state index contributed by atoms with van der Waals surface area (Å²) in [5.41, 5.74) is 2.17. The molecule has 5 aliphatic carbocycles. The van der Waals surface area contributed by atoms with Crippen LogP contribution in [-0.2, 0) is 23.8 Å². The maximum Gasteiger partial charge on any atom is 0.332 e. The average molecular weight is 585 g/mol. The van der Waals surface area contributed by atoms with Crippen LogP contribution in [0.5, 0.6) is 0 Å². The van der Waals surface area contributed by atoms with Crippen molar-refractivity contribution in [1.29, 1.82) is 0 Å². The number of ether oxygens (including phenoxy) is 3. The van der Waals surface area contributed by atoms with Gasteiger partial charge in [0.15, 0.2) is 0 Å².